The topological polar surface area (TPSA) is 105 Å². The minimum atomic E-state index is -3.96. The van der Waals surface area contributed by atoms with Gasteiger partial charge in [-0.3, -0.25) is 14.3 Å². The largest absolute Gasteiger partial charge is 0.484 e. The molecule has 0 aliphatic carbocycles. The first-order valence-corrected chi connectivity index (χ1v) is 16.9. The van der Waals surface area contributed by atoms with Crippen molar-refractivity contribution < 1.29 is 27.1 Å². The van der Waals surface area contributed by atoms with Crippen LogP contribution in [0, 0.1) is 12.7 Å². The average molecular weight is 686 g/mol. The maximum atomic E-state index is 13.9. The minimum absolute atomic E-state index is 0.0516. The second-order valence-electron chi connectivity index (χ2n) is 11.0. The van der Waals surface area contributed by atoms with Crippen molar-refractivity contribution in [3.05, 3.63) is 160 Å². The molecule has 48 heavy (non-hydrogen) atoms. The van der Waals surface area contributed by atoms with E-state index in [1.807, 2.05) is 37.3 Å². The van der Waals surface area contributed by atoms with Crippen LogP contribution in [-0.2, 0) is 32.7 Å². The molecule has 0 aromatic heterocycles. The Bertz CT molecular complexity index is 1940. The Balaban J connectivity index is 1.35. The van der Waals surface area contributed by atoms with Gasteiger partial charge in [0.05, 0.1) is 4.90 Å². The van der Waals surface area contributed by atoms with Crippen molar-refractivity contribution in [2.75, 3.05) is 11.3 Å². The van der Waals surface area contributed by atoms with Crippen LogP contribution in [-0.4, -0.2) is 31.7 Å². The molecule has 0 aliphatic rings. The SMILES string of the molecule is Cc1ccc(CNC(=O)C(c2ccccc2)N(Cc2ccc(Cl)cc2)C(=O)COc2ccc(S(=O)(=O)Nc3ccc(F)cc3)cc2)cc1. The number of amides is 2. The summed E-state index contributed by atoms with van der Waals surface area (Å²) in [6.07, 6.45) is 0. The third kappa shape index (κ3) is 9.21. The summed E-state index contributed by atoms with van der Waals surface area (Å²) in [5.74, 6) is -1.08. The standard InChI is InChI=1S/C37H33ClFN3O5S/c1-26-7-9-27(10-8-26)23-40-37(44)36(29-5-3-2-4-6-29)42(24-28-11-13-30(38)14-12-28)35(43)25-47-33-19-21-34(22-20-33)48(45,46)41-32-17-15-31(39)16-18-32/h2-22,36,41H,23-25H2,1H3,(H,40,44). The number of carbonyl (C=O) groups is 2. The van der Waals surface area contributed by atoms with E-state index in [4.69, 9.17) is 16.3 Å². The molecule has 2 amide bonds. The van der Waals surface area contributed by atoms with Gasteiger partial charge in [-0.15, -0.1) is 0 Å². The second kappa shape index (κ2) is 15.6. The summed E-state index contributed by atoms with van der Waals surface area (Å²) in [6.45, 7) is 1.91. The fourth-order valence-electron chi connectivity index (χ4n) is 4.88. The number of benzene rings is 5. The van der Waals surface area contributed by atoms with Crippen LogP contribution in [0.1, 0.15) is 28.3 Å². The Labute approximate surface area is 284 Å². The number of rotatable bonds is 13. The molecule has 1 atom stereocenters. The van der Waals surface area contributed by atoms with E-state index in [9.17, 15) is 22.4 Å². The van der Waals surface area contributed by atoms with Gasteiger partial charge in [-0.05, 0) is 84.3 Å². The molecule has 0 saturated heterocycles. The van der Waals surface area contributed by atoms with Gasteiger partial charge in [0.25, 0.3) is 15.9 Å². The molecular weight excluding hydrogens is 653 g/mol. The van der Waals surface area contributed by atoms with E-state index in [0.717, 1.165) is 28.8 Å². The zero-order valence-electron chi connectivity index (χ0n) is 26.0. The van der Waals surface area contributed by atoms with Gasteiger partial charge in [0.15, 0.2) is 6.61 Å². The highest BCUT2D eigenvalue weighted by Crippen LogP contribution is 2.26. The fourth-order valence-corrected chi connectivity index (χ4v) is 6.07. The van der Waals surface area contributed by atoms with Crippen LogP contribution < -0.4 is 14.8 Å². The van der Waals surface area contributed by atoms with Crippen LogP contribution in [0.2, 0.25) is 5.02 Å². The highest BCUT2D eigenvalue weighted by atomic mass is 35.5. The van der Waals surface area contributed by atoms with Crippen molar-refractivity contribution in [3.63, 3.8) is 0 Å². The minimum Gasteiger partial charge on any atom is -0.484 e. The lowest BCUT2D eigenvalue weighted by molar-refractivity contribution is -0.143. The smallest absolute Gasteiger partial charge is 0.261 e. The van der Waals surface area contributed by atoms with Gasteiger partial charge in [-0.1, -0.05) is 83.9 Å². The highest BCUT2D eigenvalue weighted by molar-refractivity contribution is 7.92. The van der Waals surface area contributed by atoms with E-state index in [1.54, 1.807) is 48.5 Å². The molecule has 246 valence electrons. The van der Waals surface area contributed by atoms with E-state index in [0.29, 0.717) is 10.6 Å². The molecule has 0 bridgehead atoms. The lowest BCUT2D eigenvalue weighted by Gasteiger charge is -2.31. The summed E-state index contributed by atoms with van der Waals surface area (Å²) in [5, 5.41) is 3.52. The molecule has 5 aromatic rings. The maximum Gasteiger partial charge on any atom is 0.261 e. The van der Waals surface area contributed by atoms with Crippen molar-refractivity contribution in [2.24, 2.45) is 0 Å². The quantitative estimate of drug-likeness (QED) is 0.138. The van der Waals surface area contributed by atoms with Gasteiger partial charge < -0.3 is 15.0 Å². The van der Waals surface area contributed by atoms with Crippen LogP contribution in [0.5, 0.6) is 5.75 Å². The van der Waals surface area contributed by atoms with Crippen molar-refractivity contribution in [3.8, 4) is 5.75 Å². The van der Waals surface area contributed by atoms with E-state index >= 15 is 0 Å². The summed E-state index contributed by atoms with van der Waals surface area (Å²) < 4.78 is 47.1. The average Bonchev–Trinajstić information content (AvgIpc) is 3.09. The number of halogens is 2. The number of anilines is 1. The van der Waals surface area contributed by atoms with Crippen LogP contribution in [0.15, 0.2) is 132 Å². The summed E-state index contributed by atoms with van der Waals surface area (Å²) in [7, 11) is -3.96. The molecule has 0 spiro atoms. The normalized spacial score (nSPS) is 11.7. The summed E-state index contributed by atoms with van der Waals surface area (Å²) in [5.41, 5.74) is 3.59. The lowest BCUT2D eigenvalue weighted by Crippen LogP contribution is -2.45. The van der Waals surface area contributed by atoms with E-state index < -0.39 is 34.4 Å². The van der Waals surface area contributed by atoms with Gasteiger partial charge in [-0.25, -0.2) is 12.8 Å². The summed E-state index contributed by atoms with van der Waals surface area (Å²) in [4.78, 5) is 29.2. The third-order valence-electron chi connectivity index (χ3n) is 7.44. The van der Waals surface area contributed by atoms with Crippen LogP contribution >= 0.6 is 11.6 Å². The first-order valence-electron chi connectivity index (χ1n) is 15.0. The van der Waals surface area contributed by atoms with Gasteiger partial charge in [0, 0.05) is 23.8 Å². The van der Waals surface area contributed by atoms with Crippen molar-refractivity contribution in [1.82, 2.24) is 10.2 Å². The first kappa shape index (κ1) is 34.2. The number of aryl methyl sites for hydroxylation is 1. The second-order valence-corrected chi connectivity index (χ2v) is 13.2. The molecule has 0 aliphatic heterocycles. The monoisotopic (exact) mass is 685 g/mol. The van der Waals surface area contributed by atoms with Crippen LogP contribution in [0.4, 0.5) is 10.1 Å². The predicted molar refractivity (Wildman–Crippen MR) is 183 cm³/mol. The molecule has 0 radical (unpaired) electrons. The van der Waals surface area contributed by atoms with Gasteiger partial charge in [0.2, 0.25) is 5.91 Å². The molecule has 2 N–H and O–H groups in total. The zero-order chi connectivity index (χ0) is 34.1. The van der Waals surface area contributed by atoms with Crippen LogP contribution in [0.25, 0.3) is 0 Å². The third-order valence-corrected chi connectivity index (χ3v) is 9.09. The van der Waals surface area contributed by atoms with Gasteiger partial charge >= 0.3 is 0 Å². The molecule has 5 rings (SSSR count). The number of nitrogens with one attached hydrogen (secondary N) is 2. The van der Waals surface area contributed by atoms with E-state index in [-0.39, 0.29) is 35.3 Å². The number of sulfonamides is 1. The molecular formula is C37H33ClFN3O5S. The number of nitrogens with zero attached hydrogens (tertiary/aromatic N) is 1. The van der Waals surface area contributed by atoms with Crippen LogP contribution in [0.3, 0.4) is 0 Å². The Hall–Kier alpha value is -5.19. The first-order chi connectivity index (χ1) is 23.1. The molecule has 8 nitrogen and oxygen atoms in total. The molecule has 5 aromatic carbocycles. The van der Waals surface area contributed by atoms with E-state index in [2.05, 4.69) is 10.0 Å². The van der Waals surface area contributed by atoms with Crippen molar-refractivity contribution >= 4 is 39.1 Å². The molecule has 11 heteroatoms. The number of carbonyl (C=O) groups excluding carboxylic acids is 2. The Kier molecular flexibility index (Phi) is 11.1. The lowest BCUT2D eigenvalue weighted by atomic mass is 10.0. The molecule has 1 unspecified atom stereocenters. The Morgan fingerprint density at radius 2 is 1.44 bits per heavy atom. The molecule has 0 fully saturated rings. The predicted octanol–water partition coefficient (Wildman–Crippen LogP) is 7.05. The van der Waals surface area contributed by atoms with Crippen molar-refractivity contribution in [1.29, 1.82) is 0 Å². The van der Waals surface area contributed by atoms with Crippen molar-refractivity contribution in [2.45, 2.75) is 31.0 Å². The Morgan fingerprint density at radius 3 is 2.08 bits per heavy atom. The summed E-state index contributed by atoms with van der Waals surface area (Å²) >= 11 is 6.11. The van der Waals surface area contributed by atoms with Gasteiger partial charge in [-0.2, -0.15) is 0 Å². The maximum absolute atomic E-state index is 13.9. The highest BCUT2D eigenvalue weighted by Gasteiger charge is 2.32. The van der Waals surface area contributed by atoms with E-state index in [1.165, 1.54) is 41.3 Å². The fraction of sp³-hybridized carbons (Fsp3) is 0.135. The summed E-state index contributed by atoms with van der Waals surface area (Å²) in [6, 6.07) is 33.3. The number of hydrogen-bond donors (Lipinski definition) is 2. The zero-order valence-corrected chi connectivity index (χ0v) is 27.5. The number of hydrogen-bond acceptors (Lipinski definition) is 5. The Morgan fingerprint density at radius 1 is 0.812 bits per heavy atom. The number of ether oxygens (including phenoxy) is 1. The molecule has 0 heterocycles. The molecule has 0 saturated carbocycles. The van der Waals surface area contributed by atoms with Gasteiger partial charge in [0.1, 0.15) is 17.6 Å².